The van der Waals surface area contributed by atoms with Crippen molar-refractivity contribution >= 4 is 17.1 Å². The average Bonchev–Trinajstić information content (AvgIpc) is 3.66. The lowest BCUT2D eigenvalue weighted by atomic mass is 9.60. The fourth-order valence-corrected chi connectivity index (χ4v) is 11.8. The van der Waals surface area contributed by atoms with Gasteiger partial charge in [-0.3, -0.25) is 0 Å². The molecule has 67 heavy (non-hydrogen) atoms. The molecular formula is C66H59N. The molecule has 0 unspecified atom stereocenters. The van der Waals surface area contributed by atoms with Crippen molar-refractivity contribution in [2.75, 3.05) is 4.90 Å². The molecule has 0 aliphatic heterocycles. The molecule has 0 fully saturated rings. The first-order valence-corrected chi connectivity index (χ1v) is 24.3. The quantitative estimate of drug-likeness (QED) is 0.140. The SMILES string of the molecule is CC(C)c1ccc2c(c1-c1cc3c(cc1N(c1ccc(-c4ccccc4)cc1)c1ccccc1-c1ccccc1)C(c1ccccc1)(c1ccccc1)c1ccccc1-3)C(C)(C)CCC2(C)C. The first kappa shape index (κ1) is 42.4. The average molecular weight is 866 g/mol. The van der Waals surface area contributed by atoms with Crippen molar-refractivity contribution in [3.8, 4) is 44.5 Å². The molecule has 1 nitrogen and oxygen atoms in total. The van der Waals surface area contributed by atoms with Gasteiger partial charge in [-0.05, 0) is 132 Å². The molecule has 0 bridgehead atoms. The molecular weight excluding hydrogens is 807 g/mol. The zero-order chi connectivity index (χ0) is 45.9. The highest BCUT2D eigenvalue weighted by Gasteiger charge is 2.48. The molecule has 9 aromatic rings. The van der Waals surface area contributed by atoms with Crippen LogP contribution in [-0.2, 0) is 16.2 Å². The van der Waals surface area contributed by atoms with Crippen LogP contribution in [0.1, 0.15) is 99.2 Å². The molecule has 0 atom stereocenters. The van der Waals surface area contributed by atoms with E-state index in [0.717, 1.165) is 24.2 Å². The van der Waals surface area contributed by atoms with Gasteiger partial charge in [-0.15, -0.1) is 0 Å². The molecule has 0 spiro atoms. The number of hydrogen-bond donors (Lipinski definition) is 0. The number of para-hydroxylation sites is 1. The van der Waals surface area contributed by atoms with Crippen LogP contribution in [0, 0.1) is 0 Å². The lowest BCUT2D eigenvalue weighted by Gasteiger charge is -2.44. The summed E-state index contributed by atoms with van der Waals surface area (Å²) in [6.07, 6.45) is 2.27. The Hall–Kier alpha value is -7.22. The summed E-state index contributed by atoms with van der Waals surface area (Å²) in [7, 11) is 0. The molecule has 0 N–H and O–H groups in total. The third-order valence-electron chi connectivity index (χ3n) is 15.2. The molecule has 0 heterocycles. The van der Waals surface area contributed by atoms with Crippen molar-refractivity contribution < 1.29 is 0 Å². The van der Waals surface area contributed by atoms with E-state index in [2.05, 4.69) is 265 Å². The van der Waals surface area contributed by atoms with Gasteiger partial charge in [0, 0.05) is 16.8 Å². The highest BCUT2D eigenvalue weighted by Crippen LogP contribution is 2.61. The molecule has 0 saturated carbocycles. The molecule has 0 radical (unpaired) electrons. The fourth-order valence-electron chi connectivity index (χ4n) is 11.8. The van der Waals surface area contributed by atoms with Gasteiger partial charge in [-0.1, -0.05) is 230 Å². The Morgan fingerprint density at radius 2 is 0.910 bits per heavy atom. The van der Waals surface area contributed by atoms with Gasteiger partial charge in [0.1, 0.15) is 0 Å². The van der Waals surface area contributed by atoms with Gasteiger partial charge < -0.3 is 4.90 Å². The van der Waals surface area contributed by atoms with Crippen molar-refractivity contribution in [2.45, 2.75) is 76.5 Å². The second-order valence-electron chi connectivity index (χ2n) is 20.4. The number of nitrogens with zero attached hydrogens (tertiary/aromatic N) is 1. The van der Waals surface area contributed by atoms with Crippen LogP contribution >= 0.6 is 0 Å². The fraction of sp³-hybridized carbons (Fsp3) is 0.182. The maximum atomic E-state index is 2.62. The minimum absolute atomic E-state index is 0.0290. The van der Waals surface area contributed by atoms with Gasteiger partial charge in [0.2, 0.25) is 0 Å². The molecule has 11 rings (SSSR count). The Labute approximate surface area is 398 Å². The Kier molecular flexibility index (Phi) is 10.5. The van der Waals surface area contributed by atoms with Crippen LogP contribution in [-0.4, -0.2) is 0 Å². The largest absolute Gasteiger partial charge is 0.309 e. The van der Waals surface area contributed by atoms with Crippen LogP contribution < -0.4 is 4.90 Å². The summed E-state index contributed by atoms with van der Waals surface area (Å²) < 4.78 is 0. The molecule has 0 aromatic heterocycles. The van der Waals surface area contributed by atoms with Gasteiger partial charge in [-0.2, -0.15) is 0 Å². The van der Waals surface area contributed by atoms with Crippen LogP contribution in [0.2, 0.25) is 0 Å². The number of hydrogen-bond acceptors (Lipinski definition) is 1. The second kappa shape index (κ2) is 16.6. The van der Waals surface area contributed by atoms with E-state index >= 15 is 0 Å². The summed E-state index contributed by atoms with van der Waals surface area (Å²) in [5.74, 6) is 0.289. The lowest BCUT2D eigenvalue weighted by molar-refractivity contribution is 0.332. The van der Waals surface area contributed by atoms with Crippen molar-refractivity contribution in [3.05, 3.63) is 257 Å². The summed E-state index contributed by atoms with van der Waals surface area (Å²) in [6, 6.07) is 81.9. The van der Waals surface area contributed by atoms with E-state index in [1.54, 1.807) is 0 Å². The molecule has 0 amide bonds. The zero-order valence-electron chi connectivity index (χ0n) is 39.7. The third kappa shape index (κ3) is 6.98. The van der Waals surface area contributed by atoms with E-state index in [1.165, 1.54) is 89.1 Å². The smallest absolute Gasteiger partial charge is 0.0714 e. The highest BCUT2D eigenvalue weighted by molar-refractivity contribution is 6.00. The summed E-state index contributed by atoms with van der Waals surface area (Å²) in [5.41, 5.74) is 22.3. The number of benzene rings is 9. The predicted octanol–water partition coefficient (Wildman–Crippen LogP) is 18.0. The molecule has 0 saturated heterocycles. The van der Waals surface area contributed by atoms with Crippen LogP contribution in [0.25, 0.3) is 44.5 Å². The van der Waals surface area contributed by atoms with E-state index in [9.17, 15) is 0 Å². The zero-order valence-corrected chi connectivity index (χ0v) is 39.7. The molecule has 1 heteroatoms. The third-order valence-corrected chi connectivity index (χ3v) is 15.2. The van der Waals surface area contributed by atoms with Crippen molar-refractivity contribution in [2.24, 2.45) is 0 Å². The van der Waals surface area contributed by atoms with E-state index < -0.39 is 5.41 Å². The van der Waals surface area contributed by atoms with Crippen LogP contribution in [0.4, 0.5) is 17.1 Å². The van der Waals surface area contributed by atoms with Crippen LogP contribution in [0.3, 0.4) is 0 Å². The summed E-state index contributed by atoms with van der Waals surface area (Å²) >= 11 is 0. The van der Waals surface area contributed by atoms with Gasteiger partial charge in [0.25, 0.3) is 0 Å². The molecule has 9 aromatic carbocycles. The van der Waals surface area contributed by atoms with Crippen molar-refractivity contribution in [3.63, 3.8) is 0 Å². The first-order chi connectivity index (χ1) is 32.6. The van der Waals surface area contributed by atoms with Gasteiger partial charge in [0.05, 0.1) is 16.8 Å². The summed E-state index contributed by atoms with van der Waals surface area (Å²) in [4.78, 5) is 2.60. The Balaban J connectivity index is 1.33. The normalized spacial score (nSPS) is 15.1. The predicted molar refractivity (Wildman–Crippen MR) is 284 cm³/mol. The van der Waals surface area contributed by atoms with Gasteiger partial charge >= 0.3 is 0 Å². The van der Waals surface area contributed by atoms with Gasteiger partial charge in [-0.25, -0.2) is 0 Å². The minimum Gasteiger partial charge on any atom is -0.309 e. The lowest BCUT2D eigenvalue weighted by Crippen LogP contribution is -2.35. The maximum Gasteiger partial charge on any atom is 0.0714 e. The second-order valence-corrected chi connectivity index (χ2v) is 20.4. The Morgan fingerprint density at radius 1 is 0.388 bits per heavy atom. The first-order valence-electron chi connectivity index (χ1n) is 24.3. The minimum atomic E-state index is -0.582. The van der Waals surface area contributed by atoms with Gasteiger partial charge in [0.15, 0.2) is 0 Å². The van der Waals surface area contributed by atoms with Crippen molar-refractivity contribution in [1.29, 1.82) is 0 Å². The number of anilines is 3. The molecule has 2 aliphatic carbocycles. The maximum absolute atomic E-state index is 2.62. The topological polar surface area (TPSA) is 3.24 Å². The van der Waals surface area contributed by atoms with E-state index in [-0.39, 0.29) is 16.7 Å². The molecule has 328 valence electrons. The number of rotatable bonds is 9. The Bertz CT molecular complexity index is 3190. The molecule has 2 aliphatic rings. The van der Waals surface area contributed by atoms with Crippen LogP contribution in [0.5, 0.6) is 0 Å². The van der Waals surface area contributed by atoms with E-state index in [1.807, 2.05) is 0 Å². The number of fused-ring (bicyclic) bond motifs is 4. The van der Waals surface area contributed by atoms with Crippen molar-refractivity contribution in [1.82, 2.24) is 0 Å². The van der Waals surface area contributed by atoms with E-state index in [4.69, 9.17) is 0 Å². The monoisotopic (exact) mass is 865 g/mol. The Morgan fingerprint density at radius 3 is 1.54 bits per heavy atom. The highest BCUT2D eigenvalue weighted by atomic mass is 15.1. The van der Waals surface area contributed by atoms with E-state index in [0.29, 0.717) is 0 Å². The van der Waals surface area contributed by atoms with Crippen LogP contribution in [0.15, 0.2) is 218 Å². The summed E-state index contributed by atoms with van der Waals surface area (Å²) in [6.45, 7) is 14.7. The standard InChI is InChI=1S/C66H59N/c1-45(2)52-39-40-58-63(65(5,6)42-41-64(58,3)4)62(52)56-43-55-54-32-19-21-33-57(54)66(49-27-15-9-16-28-49,50-29-17-10-18-30-50)59(55)44-61(56)67(51-37-35-47(36-38-51)46-23-11-7-12-24-46)60-34-22-20-31-53(60)48-25-13-8-14-26-48/h7-40,43-45H,41-42H2,1-6H3. The summed E-state index contributed by atoms with van der Waals surface area (Å²) in [5, 5.41) is 0.